The summed E-state index contributed by atoms with van der Waals surface area (Å²) in [6.07, 6.45) is 0.892. The second kappa shape index (κ2) is 5.77. The van der Waals surface area contributed by atoms with Gasteiger partial charge in [0.05, 0.1) is 5.92 Å². The van der Waals surface area contributed by atoms with Gasteiger partial charge in [0.1, 0.15) is 11.6 Å². The fourth-order valence-electron chi connectivity index (χ4n) is 3.42. The molecule has 0 saturated heterocycles. The predicted octanol–water partition coefficient (Wildman–Crippen LogP) is 2.34. The Labute approximate surface area is 149 Å². The number of fused-ring (bicyclic) bond motifs is 2. The summed E-state index contributed by atoms with van der Waals surface area (Å²) in [5.41, 5.74) is 9.61. The first-order valence-corrected chi connectivity index (χ1v) is 8.31. The second-order valence-corrected chi connectivity index (χ2v) is 6.32. The van der Waals surface area contributed by atoms with Crippen LogP contribution in [0.4, 0.5) is 0 Å². The lowest BCUT2D eigenvalue weighted by Gasteiger charge is -2.23. The number of H-pyrrole nitrogens is 2. The van der Waals surface area contributed by atoms with E-state index in [-0.39, 0.29) is 17.0 Å². The second-order valence-electron chi connectivity index (χ2n) is 6.32. The van der Waals surface area contributed by atoms with Gasteiger partial charge in [0.2, 0.25) is 11.8 Å². The highest BCUT2D eigenvalue weighted by atomic mass is 16.5. The predicted molar refractivity (Wildman–Crippen MR) is 96.6 cm³/mol. The van der Waals surface area contributed by atoms with Crippen LogP contribution in [0.1, 0.15) is 35.2 Å². The molecule has 0 radical (unpaired) electrons. The summed E-state index contributed by atoms with van der Waals surface area (Å²) in [7, 11) is 0. The van der Waals surface area contributed by atoms with Crippen molar-refractivity contribution in [3.63, 3.8) is 0 Å². The molecule has 0 aliphatic carbocycles. The Morgan fingerprint density at radius 2 is 2.19 bits per heavy atom. The highest BCUT2D eigenvalue weighted by Gasteiger charge is 2.35. The van der Waals surface area contributed by atoms with E-state index in [1.807, 2.05) is 31.2 Å². The highest BCUT2D eigenvalue weighted by Crippen LogP contribution is 2.41. The lowest BCUT2D eigenvalue weighted by Crippen LogP contribution is -2.25. The quantitative estimate of drug-likeness (QED) is 0.657. The Morgan fingerprint density at radius 3 is 2.92 bits per heavy atom. The number of allylic oxidation sites excluding steroid dienone is 1. The summed E-state index contributed by atoms with van der Waals surface area (Å²) in [5, 5.41) is 17.5. The van der Waals surface area contributed by atoms with Gasteiger partial charge in [0.25, 0.3) is 5.56 Å². The van der Waals surface area contributed by atoms with E-state index in [0.717, 1.165) is 23.0 Å². The van der Waals surface area contributed by atoms with Crippen LogP contribution in [-0.4, -0.2) is 15.2 Å². The number of hydrogen-bond acceptors (Lipinski definition) is 5. The molecule has 0 bridgehead atoms. The molecule has 4 rings (SSSR count). The van der Waals surface area contributed by atoms with Crippen molar-refractivity contribution >= 4 is 10.9 Å². The molecule has 7 nitrogen and oxygen atoms in total. The molecule has 1 aliphatic rings. The Kier molecular flexibility index (Phi) is 3.55. The third-order valence-electron chi connectivity index (χ3n) is 4.79. The van der Waals surface area contributed by atoms with Gasteiger partial charge in [-0.15, -0.1) is 5.10 Å². The molecule has 1 aliphatic heterocycles. The van der Waals surface area contributed by atoms with Gasteiger partial charge in [-0.05, 0) is 42.5 Å². The number of nitriles is 1. The van der Waals surface area contributed by atoms with Crippen molar-refractivity contribution in [3.8, 4) is 11.9 Å². The maximum Gasteiger partial charge on any atom is 0.252 e. The molecule has 0 spiro atoms. The van der Waals surface area contributed by atoms with E-state index in [0.29, 0.717) is 17.0 Å². The molecule has 0 unspecified atom stereocenters. The lowest BCUT2D eigenvalue weighted by atomic mass is 9.84. The van der Waals surface area contributed by atoms with Crippen LogP contribution in [0.3, 0.4) is 0 Å². The number of benzene rings is 1. The zero-order valence-electron chi connectivity index (χ0n) is 14.4. The lowest BCUT2D eigenvalue weighted by molar-refractivity contribution is 0.378. The smallest absolute Gasteiger partial charge is 0.252 e. The standard InChI is InChI=1S/C19H17N5O2/c1-3-10-4-5-14-11(6-10)7-12(18(25)22-14)16-13(8-20)17(21)26-19-15(16)9(2)23-24-19/h4-7,16H,3,21H2,1-2H3,(H,22,25)(H,23,24)/t16-/m0/s1. The van der Waals surface area contributed by atoms with E-state index < -0.39 is 5.92 Å². The topological polar surface area (TPSA) is 121 Å². The third kappa shape index (κ3) is 2.27. The van der Waals surface area contributed by atoms with E-state index >= 15 is 0 Å². The van der Waals surface area contributed by atoms with Gasteiger partial charge in [0, 0.05) is 22.3 Å². The van der Waals surface area contributed by atoms with Crippen LogP contribution >= 0.6 is 0 Å². The van der Waals surface area contributed by atoms with Crippen molar-refractivity contribution in [1.29, 1.82) is 5.26 Å². The Morgan fingerprint density at radius 1 is 1.38 bits per heavy atom. The monoisotopic (exact) mass is 347 g/mol. The Bertz CT molecular complexity index is 1160. The van der Waals surface area contributed by atoms with Crippen LogP contribution in [0.5, 0.6) is 5.88 Å². The number of hydrogen-bond donors (Lipinski definition) is 3. The molecule has 130 valence electrons. The number of rotatable bonds is 2. The first-order chi connectivity index (χ1) is 12.5. The van der Waals surface area contributed by atoms with Gasteiger partial charge in [-0.2, -0.15) is 5.26 Å². The Hall–Kier alpha value is -3.53. The van der Waals surface area contributed by atoms with Crippen LogP contribution in [0.2, 0.25) is 0 Å². The van der Waals surface area contributed by atoms with Crippen LogP contribution in [0, 0.1) is 18.3 Å². The zero-order valence-corrected chi connectivity index (χ0v) is 14.4. The van der Waals surface area contributed by atoms with E-state index in [9.17, 15) is 10.1 Å². The van der Waals surface area contributed by atoms with Gasteiger partial charge in [-0.1, -0.05) is 13.0 Å². The van der Waals surface area contributed by atoms with Crippen LogP contribution in [-0.2, 0) is 6.42 Å². The molecule has 0 fully saturated rings. The number of nitrogens with one attached hydrogen (secondary N) is 2. The molecular formula is C19H17N5O2. The summed E-state index contributed by atoms with van der Waals surface area (Å²) in [4.78, 5) is 15.7. The molecule has 2 aromatic heterocycles. The van der Waals surface area contributed by atoms with Gasteiger partial charge in [-0.25, -0.2) is 0 Å². The number of aryl methyl sites for hydroxylation is 2. The molecule has 0 saturated carbocycles. The molecule has 4 N–H and O–H groups in total. The van der Waals surface area contributed by atoms with E-state index in [1.165, 1.54) is 5.56 Å². The number of nitrogens with two attached hydrogens (primary N) is 1. The van der Waals surface area contributed by atoms with Crippen molar-refractivity contribution < 1.29 is 4.74 Å². The van der Waals surface area contributed by atoms with Crippen molar-refractivity contribution in [2.24, 2.45) is 5.73 Å². The van der Waals surface area contributed by atoms with E-state index in [1.54, 1.807) is 0 Å². The summed E-state index contributed by atoms with van der Waals surface area (Å²) >= 11 is 0. The van der Waals surface area contributed by atoms with Crippen molar-refractivity contribution in [3.05, 3.63) is 68.5 Å². The van der Waals surface area contributed by atoms with Gasteiger partial charge >= 0.3 is 0 Å². The molecule has 1 aromatic carbocycles. The van der Waals surface area contributed by atoms with Gasteiger partial charge < -0.3 is 15.5 Å². The van der Waals surface area contributed by atoms with Crippen molar-refractivity contribution in [2.45, 2.75) is 26.2 Å². The number of aromatic amines is 2. The van der Waals surface area contributed by atoms with Crippen LogP contribution in [0.25, 0.3) is 10.9 Å². The van der Waals surface area contributed by atoms with Gasteiger partial charge in [0.15, 0.2) is 0 Å². The van der Waals surface area contributed by atoms with Crippen molar-refractivity contribution in [2.75, 3.05) is 0 Å². The minimum Gasteiger partial charge on any atom is -0.420 e. The normalized spacial score (nSPS) is 16.3. The maximum absolute atomic E-state index is 12.8. The molecule has 7 heteroatoms. The fraction of sp³-hybridized carbons (Fsp3) is 0.211. The summed E-state index contributed by atoms with van der Waals surface area (Å²) in [5.74, 6) is -0.356. The Balaban J connectivity index is 2.01. The maximum atomic E-state index is 12.8. The minimum atomic E-state index is -0.624. The average Bonchev–Trinajstić information content (AvgIpc) is 3.00. The number of pyridine rings is 1. The molecular weight excluding hydrogens is 330 g/mol. The molecule has 26 heavy (non-hydrogen) atoms. The highest BCUT2D eigenvalue weighted by molar-refractivity contribution is 5.80. The summed E-state index contributed by atoms with van der Waals surface area (Å²) in [6, 6.07) is 9.84. The first kappa shape index (κ1) is 16.0. The molecule has 1 atom stereocenters. The average molecular weight is 347 g/mol. The first-order valence-electron chi connectivity index (χ1n) is 8.31. The third-order valence-corrected chi connectivity index (χ3v) is 4.79. The van der Waals surface area contributed by atoms with E-state index in [4.69, 9.17) is 10.5 Å². The summed E-state index contributed by atoms with van der Waals surface area (Å²) in [6.45, 7) is 3.90. The van der Waals surface area contributed by atoms with Gasteiger partial charge in [-0.3, -0.25) is 9.89 Å². The summed E-state index contributed by atoms with van der Waals surface area (Å²) < 4.78 is 5.45. The molecule has 3 aromatic rings. The number of ether oxygens (including phenoxy) is 1. The van der Waals surface area contributed by atoms with Crippen LogP contribution in [0.15, 0.2) is 40.5 Å². The van der Waals surface area contributed by atoms with Crippen molar-refractivity contribution in [1.82, 2.24) is 15.2 Å². The molecule has 0 amide bonds. The minimum absolute atomic E-state index is 0.0293. The zero-order chi connectivity index (χ0) is 18.4. The van der Waals surface area contributed by atoms with E-state index in [2.05, 4.69) is 28.2 Å². The number of aromatic nitrogens is 3. The van der Waals surface area contributed by atoms with Crippen LogP contribution < -0.4 is 16.0 Å². The number of nitrogens with zero attached hydrogens (tertiary/aromatic N) is 2. The molecule has 3 heterocycles. The largest absolute Gasteiger partial charge is 0.420 e. The SMILES string of the molecule is CCc1ccc2[nH]c(=O)c([C@H]3C(C#N)=C(N)Oc4n[nH]c(C)c43)cc2c1. The fourth-order valence-corrected chi connectivity index (χ4v) is 3.42.